The summed E-state index contributed by atoms with van der Waals surface area (Å²) in [5, 5.41) is 0. The van der Waals surface area contributed by atoms with Crippen LogP contribution in [0.4, 0.5) is 4.79 Å². The van der Waals surface area contributed by atoms with Gasteiger partial charge in [-0.25, -0.2) is 9.59 Å². The van der Waals surface area contributed by atoms with E-state index in [-0.39, 0.29) is 5.92 Å². The molecule has 0 aliphatic carbocycles. The van der Waals surface area contributed by atoms with Crippen LogP contribution in [0.1, 0.15) is 36.6 Å². The lowest BCUT2D eigenvalue weighted by atomic mass is 9.92. The van der Waals surface area contributed by atoms with E-state index < -0.39 is 18.1 Å². The van der Waals surface area contributed by atoms with Gasteiger partial charge in [0.15, 0.2) is 6.04 Å². The van der Waals surface area contributed by atoms with Gasteiger partial charge in [0.05, 0.1) is 13.7 Å². The first-order valence-electron chi connectivity index (χ1n) is 9.65. The summed E-state index contributed by atoms with van der Waals surface area (Å²) >= 11 is 0. The summed E-state index contributed by atoms with van der Waals surface area (Å²) in [6.07, 6.45) is 3.57. The number of nitrogens with zero attached hydrogens (tertiary/aromatic N) is 2. The molecule has 1 aliphatic heterocycles. The number of fused-ring (bicyclic) bond motifs is 1. The third-order valence-corrected chi connectivity index (χ3v) is 4.67. The fourth-order valence-electron chi connectivity index (χ4n) is 3.23. The van der Waals surface area contributed by atoms with Crippen molar-refractivity contribution in [3.8, 4) is 5.75 Å². The lowest BCUT2D eigenvalue weighted by molar-refractivity contribution is -0.147. The number of rotatable bonds is 6. The normalized spacial score (nSPS) is 15.6. The molecule has 0 saturated carbocycles. The molecule has 1 aromatic heterocycles. The Hall–Kier alpha value is -3.09. The van der Waals surface area contributed by atoms with Crippen molar-refractivity contribution in [3.63, 3.8) is 0 Å². The number of methoxy groups -OCH3 is 1. The first kappa shape index (κ1) is 20.6. The molecule has 1 aromatic carbocycles. The number of hydrogen-bond acceptors (Lipinski definition) is 6. The van der Waals surface area contributed by atoms with Crippen LogP contribution in [-0.2, 0) is 27.3 Å². The van der Waals surface area contributed by atoms with Gasteiger partial charge in [-0.2, -0.15) is 0 Å². The number of ether oxygens (including phenoxy) is 3. The lowest BCUT2D eigenvalue weighted by Crippen LogP contribution is -2.44. The Morgan fingerprint density at radius 1 is 1.28 bits per heavy atom. The van der Waals surface area contributed by atoms with Crippen LogP contribution in [0.5, 0.6) is 5.75 Å². The van der Waals surface area contributed by atoms with Crippen molar-refractivity contribution in [2.45, 2.75) is 32.9 Å². The number of carbonyl (C=O) groups excluding carboxylic acids is 2. The predicted octanol–water partition coefficient (Wildman–Crippen LogP) is 3.53. The van der Waals surface area contributed by atoms with Gasteiger partial charge < -0.3 is 14.2 Å². The van der Waals surface area contributed by atoms with Crippen molar-refractivity contribution in [1.29, 1.82) is 0 Å². The molecule has 1 unspecified atom stereocenters. The molecule has 0 radical (unpaired) electrons. The SMILES string of the molecule is COC(=O)C1c2ccc(OCc3cccnc3)cc2CCN1C(=O)OCC(C)C. The molecule has 1 aliphatic rings. The summed E-state index contributed by atoms with van der Waals surface area (Å²) in [4.78, 5) is 30.5. The molecule has 7 heteroatoms. The molecule has 0 spiro atoms. The molecular formula is C22H26N2O5. The van der Waals surface area contributed by atoms with Crippen LogP contribution in [0.15, 0.2) is 42.7 Å². The topological polar surface area (TPSA) is 78.0 Å². The number of benzene rings is 1. The highest BCUT2D eigenvalue weighted by atomic mass is 16.6. The summed E-state index contributed by atoms with van der Waals surface area (Å²) in [7, 11) is 1.32. The van der Waals surface area contributed by atoms with E-state index >= 15 is 0 Å². The maximum absolute atomic E-state index is 12.5. The third-order valence-electron chi connectivity index (χ3n) is 4.67. The van der Waals surface area contributed by atoms with E-state index in [9.17, 15) is 9.59 Å². The zero-order valence-corrected chi connectivity index (χ0v) is 17.0. The molecule has 0 fully saturated rings. The minimum absolute atomic E-state index is 0.215. The number of aromatic nitrogens is 1. The average molecular weight is 398 g/mol. The maximum atomic E-state index is 12.5. The van der Waals surface area contributed by atoms with E-state index in [0.29, 0.717) is 31.9 Å². The van der Waals surface area contributed by atoms with E-state index in [4.69, 9.17) is 14.2 Å². The van der Waals surface area contributed by atoms with Crippen LogP contribution in [0.25, 0.3) is 0 Å². The van der Waals surface area contributed by atoms with Gasteiger partial charge in [0.2, 0.25) is 0 Å². The van der Waals surface area contributed by atoms with Crippen molar-refractivity contribution in [2.24, 2.45) is 5.92 Å². The highest BCUT2D eigenvalue weighted by molar-refractivity contribution is 5.84. The molecule has 0 saturated heterocycles. The molecule has 1 atom stereocenters. The fourth-order valence-corrected chi connectivity index (χ4v) is 3.23. The summed E-state index contributed by atoms with van der Waals surface area (Å²) in [5.74, 6) is 0.427. The van der Waals surface area contributed by atoms with E-state index in [1.54, 1.807) is 18.5 Å². The van der Waals surface area contributed by atoms with Crippen molar-refractivity contribution in [3.05, 3.63) is 59.4 Å². The molecule has 1 amide bonds. The van der Waals surface area contributed by atoms with Gasteiger partial charge in [0, 0.05) is 24.5 Å². The monoisotopic (exact) mass is 398 g/mol. The number of hydrogen-bond donors (Lipinski definition) is 0. The van der Waals surface area contributed by atoms with Gasteiger partial charge >= 0.3 is 12.1 Å². The van der Waals surface area contributed by atoms with Crippen LogP contribution in [-0.4, -0.2) is 42.2 Å². The third kappa shape index (κ3) is 5.04. The zero-order valence-electron chi connectivity index (χ0n) is 17.0. The standard InChI is InChI=1S/C22H26N2O5/c1-15(2)13-29-22(26)24-10-8-17-11-18(28-14-16-5-4-9-23-12-16)6-7-19(17)20(24)21(25)27-3/h4-7,9,11-12,15,20H,8,10,13-14H2,1-3H3. The van der Waals surface area contributed by atoms with Crippen LogP contribution in [0.2, 0.25) is 0 Å². The number of pyridine rings is 1. The molecule has 2 heterocycles. The summed E-state index contributed by atoms with van der Waals surface area (Å²) < 4.78 is 16.2. The average Bonchev–Trinajstić information content (AvgIpc) is 2.75. The van der Waals surface area contributed by atoms with Gasteiger partial charge in [-0.1, -0.05) is 26.0 Å². The molecule has 0 N–H and O–H groups in total. The van der Waals surface area contributed by atoms with E-state index in [2.05, 4.69) is 4.98 Å². The smallest absolute Gasteiger partial charge is 0.410 e. The van der Waals surface area contributed by atoms with Gasteiger partial charge in [0.25, 0.3) is 0 Å². The fraction of sp³-hybridized carbons (Fsp3) is 0.409. The van der Waals surface area contributed by atoms with Gasteiger partial charge in [-0.05, 0) is 41.7 Å². The van der Waals surface area contributed by atoms with Crippen molar-refractivity contribution in [1.82, 2.24) is 9.88 Å². The quantitative estimate of drug-likeness (QED) is 0.693. The maximum Gasteiger partial charge on any atom is 0.410 e. The van der Waals surface area contributed by atoms with E-state index in [1.807, 2.05) is 38.1 Å². The van der Waals surface area contributed by atoms with Crippen LogP contribution in [0.3, 0.4) is 0 Å². The molecule has 154 valence electrons. The van der Waals surface area contributed by atoms with Gasteiger partial charge in [-0.3, -0.25) is 9.88 Å². The number of esters is 1. The van der Waals surface area contributed by atoms with Gasteiger partial charge in [-0.15, -0.1) is 0 Å². The van der Waals surface area contributed by atoms with Crippen LogP contribution in [0, 0.1) is 5.92 Å². The molecule has 2 aromatic rings. The highest BCUT2D eigenvalue weighted by Crippen LogP contribution is 2.33. The van der Waals surface area contributed by atoms with Crippen molar-refractivity contribution >= 4 is 12.1 Å². The Balaban J connectivity index is 1.78. The Morgan fingerprint density at radius 3 is 2.79 bits per heavy atom. The van der Waals surface area contributed by atoms with Gasteiger partial charge in [0.1, 0.15) is 12.4 Å². The summed E-state index contributed by atoms with van der Waals surface area (Å²) in [6.45, 7) is 5.00. The molecule has 7 nitrogen and oxygen atoms in total. The molecular weight excluding hydrogens is 372 g/mol. The molecule has 3 rings (SSSR count). The van der Waals surface area contributed by atoms with Crippen LogP contribution < -0.4 is 4.74 Å². The molecule has 29 heavy (non-hydrogen) atoms. The summed E-state index contributed by atoms with van der Waals surface area (Å²) in [6, 6.07) is 8.51. The van der Waals surface area contributed by atoms with Crippen molar-refractivity contribution < 1.29 is 23.8 Å². The second-order valence-corrected chi connectivity index (χ2v) is 7.35. The Bertz CT molecular complexity index is 854. The second kappa shape index (κ2) is 9.41. The van der Waals surface area contributed by atoms with E-state index in [0.717, 1.165) is 16.7 Å². The van der Waals surface area contributed by atoms with E-state index in [1.165, 1.54) is 12.0 Å². The first-order valence-corrected chi connectivity index (χ1v) is 9.65. The Kier molecular flexibility index (Phi) is 6.69. The Labute approximate surface area is 170 Å². The van der Waals surface area contributed by atoms with Crippen LogP contribution >= 0.6 is 0 Å². The highest BCUT2D eigenvalue weighted by Gasteiger charge is 2.37. The minimum atomic E-state index is -0.823. The second-order valence-electron chi connectivity index (χ2n) is 7.35. The molecule has 0 bridgehead atoms. The zero-order chi connectivity index (χ0) is 20.8. The van der Waals surface area contributed by atoms with Crippen molar-refractivity contribution in [2.75, 3.05) is 20.3 Å². The predicted molar refractivity (Wildman–Crippen MR) is 106 cm³/mol. The summed E-state index contributed by atoms with van der Waals surface area (Å²) in [5.41, 5.74) is 2.66. The first-order chi connectivity index (χ1) is 14.0. The number of amides is 1. The Morgan fingerprint density at radius 2 is 2.10 bits per heavy atom. The lowest BCUT2D eigenvalue weighted by Gasteiger charge is -2.35. The largest absolute Gasteiger partial charge is 0.489 e. The number of carbonyl (C=O) groups is 2. The minimum Gasteiger partial charge on any atom is -0.489 e.